The number of imide groups is 1. The number of aryl methyl sites for hydroxylation is 1. The lowest BCUT2D eigenvalue weighted by Crippen LogP contribution is -2.50. The van der Waals surface area contributed by atoms with Gasteiger partial charge in [-0.1, -0.05) is 26.0 Å². The Bertz CT molecular complexity index is 663. The van der Waals surface area contributed by atoms with E-state index in [4.69, 9.17) is 9.84 Å². The number of para-hydroxylation sites is 1. The summed E-state index contributed by atoms with van der Waals surface area (Å²) >= 11 is 0. The quantitative estimate of drug-likeness (QED) is 0.862. The van der Waals surface area contributed by atoms with E-state index >= 15 is 0 Å². The van der Waals surface area contributed by atoms with Gasteiger partial charge >= 0.3 is 5.97 Å². The van der Waals surface area contributed by atoms with Gasteiger partial charge in [-0.05, 0) is 24.5 Å². The fraction of sp³-hybridized carbons (Fsp3) is 0.312. The zero-order chi connectivity index (χ0) is 16.4. The Kier molecular flexibility index (Phi) is 4.30. The molecular formula is C16H17NO5. The van der Waals surface area contributed by atoms with E-state index in [0.29, 0.717) is 17.5 Å². The first kappa shape index (κ1) is 15.8. The minimum absolute atomic E-state index is 0.126. The minimum atomic E-state index is -1.25. The van der Waals surface area contributed by atoms with Crippen LogP contribution in [0.4, 0.5) is 5.69 Å². The Labute approximate surface area is 128 Å². The number of rotatable bonds is 3. The van der Waals surface area contributed by atoms with E-state index in [-0.39, 0.29) is 5.92 Å². The number of anilines is 1. The third-order valence-corrected chi connectivity index (χ3v) is 3.33. The van der Waals surface area contributed by atoms with E-state index in [1.54, 1.807) is 12.1 Å². The molecule has 0 saturated heterocycles. The number of hydrogen-bond donors (Lipinski definition) is 1. The molecule has 1 aliphatic heterocycles. The van der Waals surface area contributed by atoms with Crippen molar-refractivity contribution in [1.29, 1.82) is 0 Å². The average Bonchev–Trinajstić information content (AvgIpc) is 2.44. The highest BCUT2D eigenvalue weighted by Gasteiger charge is 2.39. The topological polar surface area (TPSA) is 83.9 Å². The van der Waals surface area contributed by atoms with Gasteiger partial charge in [-0.25, -0.2) is 9.69 Å². The second-order valence-electron chi connectivity index (χ2n) is 5.39. The molecule has 2 amide bonds. The van der Waals surface area contributed by atoms with Crippen LogP contribution in [0.15, 0.2) is 30.4 Å². The summed E-state index contributed by atoms with van der Waals surface area (Å²) in [6, 6.07) is 5.13. The molecule has 0 fully saturated rings. The van der Waals surface area contributed by atoms with Crippen molar-refractivity contribution in [3.8, 4) is 5.75 Å². The van der Waals surface area contributed by atoms with Crippen molar-refractivity contribution in [2.24, 2.45) is 5.92 Å². The Morgan fingerprint density at radius 3 is 2.59 bits per heavy atom. The summed E-state index contributed by atoms with van der Waals surface area (Å²) in [7, 11) is 0. The van der Waals surface area contributed by atoms with E-state index in [9.17, 15) is 14.4 Å². The van der Waals surface area contributed by atoms with E-state index in [2.05, 4.69) is 0 Å². The minimum Gasteiger partial charge on any atom is -0.478 e. The van der Waals surface area contributed by atoms with Crippen LogP contribution < -0.4 is 9.64 Å². The Morgan fingerprint density at radius 2 is 2.00 bits per heavy atom. The summed E-state index contributed by atoms with van der Waals surface area (Å²) in [5, 5.41) is 8.64. The summed E-state index contributed by atoms with van der Waals surface area (Å²) in [5.41, 5.74) is 1.14. The highest BCUT2D eigenvalue weighted by molar-refractivity contribution is 6.22. The molecular weight excluding hydrogens is 286 g/mol. The number of aliphatic carboxylic acids is 1. The van der Waals surface area contributed by atoms with Gasteiger partial charge in [-0.2, -0.15) is 0 Å². The number of carbonyl (C=O) groups excluding carboxylic acids is 2. The summed E-state index contributed by atoms with van der Waals surface area (Å²) < 4.78 is 5.76. The molecule has 1 aromatic rings. The van der Waals surface area contributed by atoms with E-state index < -0.39 is 23.9 Å². The lowest BCUT2D eigenvalue weighted by atomic mass is 10.0. The molecule has 0 radical (unpaired) electrons. The fourth-order valence-corrected chi connectivity index (χ4v) is 2.26. The highest BCUT2D eigenvalue weighted by atomic mass is 16.5. The van der Waals surface area contributed by atoms with Gasteiger partial charge in [0.05, 0.1) is 5.69 Å². The van der Waals surface area contributed by atoms with Crippen LogP contribution in [-0.4, -0.2) is 29.0 Å². The number of carboxylic acids is 1. The maximum atomic E-state index is 12.5. The molecule has 1 aliphatic rings. The van der Waals surface area contributed by atoms with Crippen LogP contribution in [0.2, 0.25) is 0 Å². The number of hydrogen-bond acceptors (Lipinski definition) is 4. The Hall–Kier alpha value is -2.63. The van der Waals surface area contributed by atoms with Crippen LogP contribution >= 0.6 is 0 Å². The molecule has 1 heterocycles. The van der Waals surface area contributed by atoms with Crippen LogP contribution in [0.25, 0.3) is 0 Å². The molecule has 116 valence electrons. The second kappa shape index (κ2) is 6.01. The van der Waals surface area contributed by atoms with Crippen molar-refractivity contribution in [3.05, 3.63) is 35.9 Å². The Balaban J connectivity index is 2.51. The number of nitrogens with zero attached hydrogens (tertiary/aromatic N) is 1. The molecule has 0 aliphatic carbocycles. The van der Waals surface area contributed by atoms with Crippen molar-refractivity contribution >= 4 is 23.5 Å². The van der Waals surface area contributed by atoms with Gasteiger partial charge in [0.15, 0.2) is 6.10 Å². The average molecular weight is 303 g/mol. The third-order valence-electron chi connectivity index (χ3n) is 3.33. The van der Waals surface area contributed by atoms with Crippen molar-refractivity contribution in [2.45, 2.75) is 26.9 Å². The van der Waals surface area contributed by atoms with Crippen LogP contribution in [0.5, 0.6) is 5.75 Å². The second-order valence-corrected chi connectivity index (χ2v) is 5.39. The summed E-state index contributed by atoms with van der Waals surface area (Å²) in [5.74, 6) is -2.10. The van der Waals surface area contributed by atoms with Crippen molar-refractivity contribution < 1.29 is 24.2 Å². The summed E-state index contributed by atoms with van der Waals surface area (Å²) in [4.78, 5) is 36.3. The van der Waals surface area contributed by atoms with Crippen LogP contribution in [0, 0.1) is 12.8 Å². The molecule has 0 saturated carbocycles. The molecule has 6 heteroatoms. The molecule has 22 heavy (non-hydrogen) atoms. The predicted octanol–water partition coefficient (Wildman–Crippen LogP) is 1.91. The molecule has 1 N–H and O–H groups in total. The zero-order valence-corrected chi connectivity index (χ0v) is 12.6. The number of benzene rings is 1. The molecule has 0 bridgehead atoms. The lowest BCUT2D eigenvalue weighted by molar-refractivity contribution is -0.133. The molecule has 6 nitrogen and oxygen atoms in total. The first-order chi connectivity index (χ1) is 10.3. The van der Waals surface area contributed by atoms with Crippen molar-refractivity contribution in [2.75, 3.05) is 4.90 Å². The maximum absolute atomic E-state index is 12.5. The molecule has 2 rings (SSSR count). The molecule has 0 aromatic heterocycles. The number of ether oxygens (including phenoxy) is 1. The van der Waals surface area contributed by atoms with Crippen LogP contribution in [0.1, 0.15) is 19.4 Å². The normalized spacial score (nSPS) is 17.5. The predicted molar refractivity (Wildman–Crippen MR) is 79.7 cm³/mol. The number of carbonyl (C=O) groups is 3. The highest BCUT2D eigenvalue weighted by Crippen LogP contribution is 2.38. The van der Waals surface area contributed by atoms with Gasteiger partial charge in [0.25, 0.3) is 11.8 Å². The van der Waals surface area contributed by atoms with Gasteiger partial charge in [-0.3, -0.25) is 9.59 Å². The van der Waals surface area contributed by atoms with Gasteiger partial charge in [0.1, 0.15) is 5.75 Å². The molecule has 1 aromatic carbocycles. The SMILES string of the molecule is Cc1cccc2c1OC(C(C)C)C(=O)N2C(=O)C=CC(=O)O. The molecule has 1 atom stereocenters. The standard InChI is InChI=1S/C16H17NO5/c1-9(2)14-16(21)17(12(18)7-8-13(19)20)11-6-4-5-10(3)15(11)22-14/h4-9,14H,1-3H3,(H,19,20). The van der Waals surface area contributed by atoms with E-state index in [1.165, 1.54) is 0 Å². The zero-order valence-electron chi connectivity index (χ0n) is 12.6. The van der Waals surface area contributed by atoms with Crippen molar-refractivity contribution in [3.63, 3.8) is 0 Å². The van der Waals surface area contributed by atoms with Crippen LogP contribution in [0.3, 0.4) is 0 Å². The molecule has 0 spiro atoms. The lowest BCUT2D eigenvalue weighted by Gasteiger charge is -2.35. The monoisotopic (exact) mass is 303 g/mol. The number of fused-ring (bicyclic) bond motifs is 1. The first-order valence-corrected chi connectivity index (χ1v) is 6.88. The van der Waals surface area contributed by atoms with Crippen molar-refractivity contribution in [1.82, 2.24) is 0 Å². The third kappa shape index (κ3) is 2.86. The Morgan fingerprint density at radius 1 is 1.32 bits per heavy atom. The molecule has 1 unspecified atom stereocenters. The van der Waals surface area contributed by atoms with E-state index in [0.717, 1.165) is 16.5 Å². The van der Waals surface area contributed by atoms with E-state index in [1.807, 2.05) is 26.8 Å². The number of carboxylic acid groups (broad SMARTS) is 1. The summed E-state index contributed by atoms with van der Waals surface area (Å²) in [6.07, 6.45) is 0.802. The smallest absolute Gasteiger partial charge is 0.328 e. The van der Waals surface area contributed by atoms with Gasteiger partial charge in [0, 0.05) is 12.2 Å². The summed E-state index contributed by atoms with van der Waals surface area (Å²) in [6.45, 7) is 5.46. The van der Waals surface area contributed by atoms with Gasteiger partial charge < -0.3 is 9.84 Å². The number of amides is 2. The maximum Gasteiger partial charge on any atom is 0.328 e. The fourth-order valence-electron chi connectivity index (χ4n) is 2.26. The van der Waals surface area contributed by atoms with Gasteiger partial charge in [-0.15, -0.1) is 0 Å². The first-order valence-electron chi connectivity index (χ1n) is 6.88. The van der Waals surface area contributed by atoms with Gasteiger partial charge in [0.2, 0.25) is 0 Å². The van der Waals surface area contributed by atoms with Crippen LogP contribution in [-0.2, 0) is 14.4 Å². The largest absolute Gasteiger partial charge is 0.478 e.